The Labute approximate surface area is 225 Å². The van der Waals surface area contributed by atoms with Crippen molar-refractivity contribution in [2.24, 2.45) is 22.7 Å². The number of nitrogens with zero attached hydrogens (tertiary/aromatic N) is 2. The van der Waals surface area contributed by atoms with Gasteiger partial charge in [-0.3, -0.25) is 14.4 Å². The van der Waals surface area contributed by atoms with Crippen molar-refractivity contribution in [2.45, 2.75) is 63.0 Å². The number of carbonyl (C=O) groups is 3. The SMILES string of the molecule is Cc1c[nH]c2c1C13CC1CN(C(=O)C14CC(C(O)N5CC6CC67C5=CC(=O)c5[nH]cc(C)c57)(C1)C4)C3=CC2=O. The fraction of sp³-hybridized carbons (Fsp3) is 0.516. The first-order chi connectivity index (χ1) is 18.7. The van der Waals surface area contributed by atoms with E-state index in [1.54, 1.807) is 12.2 Å². The Kier molecular flexibility index (Phi) is 3.23. The first-order valence-corrected chi connectivity index (χ1v) is 14.3. The van der Waals surface area contributed by atoms with Gasteiger partial charge in [-0.15, -0.1) is 0 Å². The number of aromatic amines is 2. The highest BCUT2D eigenvalue weighted by Crippen LogP contribution is 2.78. The van der Waals surface area contributed by atoms with E-state index >= 15 is 0 Å². The lowest BCUT2D eigenvalue weighted by molar-refractivity contribution is -0.275. The Morgan fingerprint density at radius 2 is 1.44 bits per heavy atom. The zero-order valence-corrected chi connectivity index (χ0v) is 22.1. The molecule has 198 valence electrons. The highest BCUT2D eigenvalue weighted by atomic mass is 16.3. The van der Waals surface area contributed by atoms with Crippen LogP contribution in [0.5, 0.6) is 0 Å². The lowest BCUT2D eigenvalue weighted by Gasteiger charge is -2.72. The Bertz CT molecular complexity index is 1690. The van der Waals surface area contributed by atoms with Crippen molar-refractivity contribution in [3.63, 3.8) is 0 Å². The number of likely N-dealkylation sites (tertiary alicyclic amines) is 2. The molecular formula is C31H30N4O4. The number of amides is 1. The largest absolute Gasteiger partial charge is 0.373 e. The number of hydrogen-bond donors (Lipinski definition) is 3. The molecule has 2 saturated heterocycles. The summed E-state index contributed by atoms with van der Waals surface area (Å²) in [6, 6.07) is 0. The summed E-state index contributed by atoms with van der Waals surface area (Å²) < 4.78 is 0. The molecule has 8 heteroatoms. The minimum Gasteiger partial charge on any atom is -0.373 e. The summed E-state index contributed by atoms with van der Waals surface area (Å²) in [4.78, 5) is 50.3. The van der Waals surface area contributed by atoms with Gasteiger partial charge in [0, 0.05) is 65.3 Å². The summed E-state index contributed by atoms with van der Waals surface area (Å²) in [7, 11) is 0. The third-order valence-electron chi connectivity index (χ3n) is 12.2. The number of aliphatic hydroxyl groups is 1. The Balaban J connectivity index is 0.914. The summed E-state index contributed by atoms with van der Waals surface area (Å²) in [5, 5.41) is 11.7. The van der Waals surface area contributed by atoms with E-state index in [-0.39, 0.29) is 33.7 Å². The van der Waals surface area contributed by atoms with Gasteiger partial charge in [-0.2, -0.15) is 0 Å². The molecule has 5 saturated carbocycles. The number of aryl methyl sites for hydroxylation is 2. The third-order valence-corrected chi connectivity index (χ3v) is 12.2. The Hall–Kier alpha value is -3.39. The predicted molar refractivity (Wildman–Crippen MR) is 139 cm³/mol. The van der Waals surface area contributed by atoms with Crippen LogP contribution in [0, 0.1) is 36.5 Å². The number of piperidine rings is 2. The zero-order chi connectivity index (χ0) is 26.4. The van der Waals surface area contributed by atoms with Crippen LogP contribution in [0.25, 0.3) is 0 Å². The first-order valence-electron chi connectivity index (χ1n) is 14.3. The van der Waals surface area contributed by atoms with Gasteiger partial charge in [0.2, 0.25) is 17.5 Å². The second-order valence-electron chi connectivity index (χ2n) is 14.1. The molecule has 2 aromatic heterocycles. The predicted octanol–water partition coefficient (Wildman–Crippen LogP) is 2.98. The van der Waals surface area contributed by atoms with E-state index < -0.39 is 11.6 Å². The number of aliphatic hydroxyl groups excluding tert-OH is 1. The summed E-state index contributed by atoms with van der Waals surface area (Å²) in [5.74, 6) is 0.898. The highest BCUT2D eigenvalue weighted by molar-refractivity contribution is 6.09. The van der Waals surface area contributed by atoms with Gasteiger partial charge >= 0.3 is 0 Å². The molecule has 4 heterocycles. The number of rotatable bonds is 3. The molecule has 7 fully saturated rings. The highest BCUT2D eigenvalue weighted by Gasteiger charge is 2.79. The monoisotopic (exact) mass is 522 g/mol. The number of aromatic nitrogens is 2. The van der Waals surface area contributed by atoms with Gasteiger partial charge in [0.15, 0.2) is 0 Å². The second kappa shape index (κ2) is 5.87. The van der Waals surface area contributed by atoms with Crippen molar-refractivity contribution < 1.29 is 19.5 Å². The van der Waals surface area contributed by atoms with Gasteiger partial charge in [0.1, 0.15) is 6.23 Å². The van der Waals surface area contributed by atoms with Gasteiger partial charge < -0.3 is 24.9 Å². The van der Waals surface area contributed by atoms with Crippen molar-refractivity contribution in [1.82, 2.24) is 19.8 Å². The number of ketones is 2. The van der Waals surface area contributed by atoms with Crippen LogP contribution in [-0.2, 0) is 15.6 Å². The number of carbonyl (C=O) groups excluding carboxylic acids is 3. The molecule has 11 rings (SSSR count). The molecule has 1 amide bonds. The van der Waals surface area contributed by atoms with E-state index in [1.807, 2.05) is 24.2 Å². The fourth-order valence-electron chi connectivity index (χ4n) is 10.5. The van der Waals surface area contributed by atoms with Gasteiger partial charge in [-0.1, -0.05) is 0 Å². The molecule has 2 aromatic rings. The molecule has 5 unspecified atom stereocenters. The van der Waals surface area contributed by atoms with E-state index in [4.69, 9.17) is 0 Å². The van der Waals surface area contributed by atoms with Crippen molar-refractivity contribution >= 4 is 17.5 Å². The molecule has 3 N–H and O–H groups in total. The summed E-state index contributed by atoms with van der Waals surface area (Å²) >= 11 is 0. The van der Waals surface area contributed by atoms with E-state index in [0.29, 0.717) is 49.0 Å². The van der Waals surface area contributed by atoms with E-state index in [9.17, 15) is 19.5 Å². The van der Waals surface area contributed by atoms with Crippen molar-refractivity contribution in [3.05, 3.63) is 69.6 Å². The summed E-state index contributed by atoms with van der Waals surface area (Å²) in [6.45, 7) is 5.55. The number of H-pyrrole nitrogens is 2. The van der Waals surface area contributed by atoms with Crippen LogP contribution in [0.15, 0.2) is 35.9 Å². The number of nitrogens with one attached hydrogen (secondary N) is 2. The topological polar surface area (TPSA) is 110 Å². The van der Waals surface area contributed by atoms with Crippen LogP contribution in [0.4, 0.5) is 0 Å². The van der Waals surface area contributed by atoms with E-state index in [1.165, 1.54) is 0 Å². The number of hydrogen-bond acceptors (Lipinski definition) is 5. The maximum Gasteiger partial charge on any atom is 0.233 e. The summed E-state index contributed by atoms with van der Waals surface area (Å²) in [6.07, 6.45) is 10.7. The van der Waals surface area contributed by atoms with Crippen molar-refractivity contribution in [1.29, 1.82) is 0 Å². The maximum atomic E-state index is 14.0. The molecule has 7 aliphatic carbocycles. The van der Waals surface area contributed by atoms with Gasteiger partial charge in [-0.25, -0.2) is 0 Å². The maximum absolute atomic E-state index is 14.0. The van der Waals surface area contributed by atoms with Crippen molar-refractivity contribution in [3.8, 4) is 0 Å². The molecule has 5 atom stereocenters. The molecular weight excluding hydrogens is 492 g/mol. The average Bonchev–Trinajstić information content (AvgIpc) is 3.45. The fourth-order valence-corrected chi connectivity index (χ4v) is 10.5. The molecule has 0 radical (unpaired) electrons. The second-order valence-corrected chi connectivity index (χ2v) is 14.1. The summed E-state index contributed by atoms with van der Waals surface area (Å²) in [5.41, 5.74) is 6.71. The lowest BCUT2D eigenvalue weighted by Crippen LogP contribution is -2.73. The van der Waals surface area contributed by atoms with Crippen LogP contribution < -0.4 is 0 Å². The first kappa shape index (κ1) is 21.4. The van der Waals surface area contributed by atoms with Crippen LogP contribution in [0.3, 0.4) is 0 Å². The van der Waals surface area contributed by atoms with Crippen LogP contribution in [0.2, 0.25) is 0 Å². The van der Waals surface area contributed by atoms with E-state index in [0.717, 1.165) is 53.0 Å². The molecule has 2 spiro atoms. The van der Waals surface area contributed by atoms with Crippen LogP contribution in [0.1, 0.15) is 75.3 Å². The normalized spacial score (nSPS) is 41.7. The minimum absolute atomic E-state index is 0.00892. The quantitative estimate of drug-likeness (QED) is 0.574. The lowest BCUT2D eigenvalue weighted by atomic mass is 9.34. The third kappa shape index (κ3) is 2.03. The molecule has 9 aliphatic rings. The van der Waals surface area contributed by atoms with Crippen molar-refractivity contribution in [2.75, 3.05) is 13.1 Å². The van der Waals surface area contributed by atoms with Crippen LogP contribution >= 0.6 is 0 Å². The molecule has 8 nitrogen and oxygen atoms in total. The van der Waals surface area contributed by atoms with Gasteiger partial charge in [-0.05, 0) is 80.0 Å². The number of fused-ring (bicyclic) bond motifs is 2. The molecule has 2 aliphatic heterocycles. The van der Waals surface area contributed by atoms with Crippen LogP contribution in [-0.4, -0.2) is 61.7 Å². The van der Waals surface area contributed by atoms with E-state index in [2.05, 4.69) is 21.8 Å². The molecule has 0 aromatic carbocycles. The standard InChI is InChI=1S/C31H30N4O4/c1-14-7-32-24-18(36)3-20-30(22(14)24)5-16(30)9-34(20)26(38)28-11-29(12-28,13-28)27(39)35-10-17-6-31(17)21(35)4-19(37)25-23(31)15(2)8-33-25/h3-4,7-8,16-17,26,32-33,38H,5-6,9-13H2,1-2H3. The van der Waals surface area contributed by atoms with Gasteiger partial charge in [0.25, 0.3) is 0 Å². The molecule has 2 bridgehead atoms. The smallest absolute Gasteiger partial charge is 0.233 e. The Morgan fingerprint density at radius 3 is 2.05 bits per heavy atom. The molecule has 39 heavy (non-hydrogen) atoms. The van der Waals surface area contributed by atoms with Gasteiger partial charge in [0.05, 0.1) is 16.8 Å². The zero-order valence-electron chi connectivity index (χ0n) is 22.1. The number of allylic oxidation sites excluding steroid dienone is 4. The minimum atomic E-state index is -0.685. The Morgan fingerprint density at radius 1 is 0.897 bits per heavy atom. The average molecular weight is 523 g/mol.